The largest absolute Gasteiger partial charge is 0.365 e. The van der Waals surface area contributed by atoms with Gasteiger partial charge in [-0.15, -0.1) is 11.8 Å². The maximum atomic E-state index is 2.34. The maximum absolute atomic E-state index is 2.34. The van der Waals surface area contributed by atoms with E-state index in [1.54, 1.807) is 0 Å². The number of hydrogen-bond acceptors (Lipinski definition) is 2. The summed E-state index contributed by atoms with van der Waals surface area (Å²) in [6.07, 6.45) is 0. The molecule has 0 radical (unpaired) electrons. The molecule has 0 aromatic carbocycles. The number of rotatable bonds is 1. The molecule has 1 aliphatic heterocycles. The van der Waals surface area contributed by atoms with Gasteiger partial charge in [-0.3, -0.25) is 0 Å². The lowest BCUT2D eigenvalue weighted by Gasteiger charge is -2.25. The van der Waals surface area contributed by atoms with Gasteiger partial charge in [-0.2, -0.15) is 0 Å². The van der Waals surface area contributed by atoms with Crippen LogP contribution in [0, 0.1) is 5.92 Å². The zero-order valence-corrected chi connectivity index (χ0v) is 7.90. The van der Waals surface area contributed by atoms with Crippen molar-refractivity contribution in [2.45, 2.75) is 26.1 Å². The van der Waals surface area contributed by atoms with Crippen molar-refractivity contribution >= 4 is 11.8 Å². The van der Waals surface area contributed by atoms with Crippen LogP contribution in [0.2, 0.25) is 0 Å². The van der Waals surface area contributed by atoms with E-state index in [1.165, 1.54) is 5.70 Å². The van der Waals surface area contributed by atoms with Crippen molar-refractivity contribution in [3.63, 3.8) is 0 Å². The Balaban J connectivity index is 2.56. The van der Waals surface area contributed by atoms with E-state index in [1.807, 2.05) is 11.8 Å². The van der Waals surface area contributed by atoms with Crippen LogP contribution in [0.25, 0.3) is 0 Å². The topological polar surface area (TPSA) is 3.24 Å². The molecule has 0 aromatic heterocycles. The first kappa shape index (κ1) is 7.99. The van der Waals surface area contributed by atoms with Gasteiger partial charge in [-0.1, -0.05) is 13.8 Å². The standard InChI is InChI=1S/C8H15NS/c1-6(2)8-9(4)7(3)5-10-8/h5-6,8H,1-4H3. The van der Waals surface area contributed by atoms with Crippen molar-refractivity contribution in [2.24, 2.45) is 5.92 Å². The van der Waals surface area contributed by atoms with Gasteiger partial charge in [-0.05, 0) is 18.2 Å². The summed E-state index contributed by atoms with van der Waals surface area (Å²) in [5.74, 6) is 0.740. The molecule has 0 fully saturated rings. The van der Waals surface area contributed by atoms with Gasteiger partial charge in [0, 0.05) is 12.7 Å². The highest BCUT2D eigenvalue weighted by atomic mass is 32.2. The van der Waals surface area contributed by atoms with Crippen LogP contribution >= 0.6 is 11.8 Å². The Morgan fingerprint density at radius 3 is 2.40 bits per heavy atom. The number of allylic oxidation sites excluding steroid dienone is 1. The summed E-state index contributed by atoms with van der Waals surface area (Å²) < 4.78 is 0. The summed E-state index contributed by atoms with van der Waals surface area (Å²) in [5, 5.41) is 2.91. The van der Waals surface area contributed by atoms with Gasteiger partial charge in [0.05, 0.1) is 5.37 Å². The normalized spacial score (nSPS) is 25.9. The van der Waals surface area contributed by atoms with Crippen molar-refractivity contribution in [3.8, 4) is 0 Å². The zero-order valence-electron chi connectivity index (χ0n) is 7.09. The van der Waals surface area contributed by atoms with Gasteiger partial charge in [0.15, 0.2) is 0 Å². The second-order valence-corrected chi connectivity index (χ2v) is 4.13. The predicted octanol–water partition coefficient (Wildman–Crippen LogP) is 2.51. The van der Waals surface area contributed by atoms with E-state index >= 15 is 0 Å². The molecular weight excluding hydrogens is 142 g/mol. The van der Waals surface area contributed by atoms with E-state index < -0.39 is 0 Å². The van der Waals surface area contributed by atoms with Crippen molar-refractivity contribution in [3.05, 3.63) is 11.1 Å². The minimum Gasteiger partial charge on any atom is -0.365 e. The summed E-state index contributed by atoms with van der Waals surface area (Å²) in [7, 11) is 2.16. The number of thioether (sulfide) groups is 1. The molecule has 0 spiro atoms. The Labute approximate surface area is 67.5 Å². The predicted molar refractivity (Wildman–Crippen MR) is 47.7 cm³/mol. The summed E-state index contributed by atoms with van der Waals surface area (Å²) >= 11 is 1.93. The molecule has 0 aromatic rings. The molecule has 1 unspecified atom stereocenters. The number of nitrogens with zero attached hydrogens (tertiary/aromatic N) is 1. The van der Waals surface area contributed by atoms with Crippen LogP contribution in [0.4, 0.5) is 0 Å². The molecule has 0 aliphatic carbocycles. The van der Waals surface area contributed by atoms with Crippen LogP contribution in [-0.2, 0) is 0 Å². The summed E-state index contributed by atoms with van der Waals surface area (Å²) in [5.41, 5.74) is 1.39. The van der Waals surface area contributed by atoms with Crippen LogP contribution in [0.5, 0.6) is 0 Å². The summed E-state index contributed by atoms with van der Waals surface area (Å²) in [4.78, 5) is 2.34. The second-order valence-electron chi connectivity index (χ2n) is 3.14. The lowest BCUT2D eigenvalue weighted by atomic mass is 10.2. The van der Waals surface area contributed by atoms with Crippen molar-refractivity contribution in [1.29, 1.82) is 0 Å². The fraction of sp³-hybridized carbons (Fsp3) is 0.750. The maximum Gasteiger partial charge on any atom is 0.0808 e. The number of hydrogen-bond donors (Lipinski definition) is 0. The summed E-state index contributed by atoms with van der Waals surface area (Å²) in [6.45, 7) is 6.69. The SMILES string of the molecule is CC1=CSC(C(C)C)N1C. The average Bonchev–Trinajstić information content (AvgIpc) is 2.14. The average molecular weight is 157 g/mol. The molecule has 0 saturated heterocycles. The molecule has 1 aliphatic rings. The molecule has 0 bridgehead atoms. The Bertz CT molecular complexity index is 151. The van der Waals surface area contributed by atoms with Crippen molar-refractivity contribution < 1.29 is 0 Å². The molecule has 1 nitrogen and oxygen atoms in total. The molecule has 58 valence electrons. The Kier molecular flexibility index (Phi) is 2.29. The molecule has 10 heavy (non-hydrogen) atoms. The van der Waals surface area contributed by atoms with Gasteiger partial charge in [0.25, 0.3) is 0 Å². The Hall–Kier alpha value is -0.110. The van der Waals surface area contributed by atoms with Crippen LogP contribution in [0.3, 0.4) is 0 Å². The van der Waals surface area contributed by atoms with Gasteiger partial charge in [-0.25, -0.2) is 0 Å². The Morgan fingerprint density at radius 2 is 2.20 bits per heavy atom. The zero-order chi connectivity index (χ0) is 7.72. The van der Waals surface area contributed by atoms with Crippen LogP contribution in [0.15, 0.2) is 11.1 Å². The summed E-state index contributed by atoms with van der Waals surface area (Å²) in [6, 6.07) is 0. The van der Waals surface area contributed by atoms with Crippen molar-refractivity contribution in [1.82, 2.24) is 4.90 Å². The fourth-order valence-electron chi connectivity index (χ4n) is 1.15. The van der Waals surface area contributed by atoms with Crippen LogP contribution in [0.1, 0.15) is 20.8 Å². The lowest BCUT2D eigenvalue weighted by molar-refractivity contribution is 0.337. The second kappa shape index (κ2) is 2.87. The van der Waals surface area contributed by atoms with Crippen LogP contribution in [-0.4, -0.2) is 17.3 Å². The highest BCUT2D eigenvalue weighted by molar-refractivity contribution is 8.02. The molecular formula is C8H15NS. The first-order chi connectivity index (χ1) is 4.63. The fourth-order valence-corrected chi connectivity index (χ4v) is 2.31. The Morgan fingerprint density at radius 1 is 1.60 bits per heavy atom. The van der Waals surface area contributed by atoms with E-state index in [-0.39, 0.29) is 0 Å². The quantitative estimate of drug-likeness (QED) is 0.575. The third kappa shape index (κ3) is 1.31. The van der Waals surface area contributed by atoms with Crippen molar-refractivity contribution in [2.75, 3.05) is 7.05 Å². The minimum absolute atomic E-state index is 0.667. The van der Waals surface area contributed by atoms with E-state index in [0.717, 1.165) is 5.92 Å². The molecule has 0 saturated carbocycles. The highest BCUT2D eigenvalue weighted by Gasteiger charge is 2.23. The highest BCUT2D eigenvalue weighted by Crippen LogP contribution is 2.33. The molecule has 1 rings (SSSR count). The lowest BCUT2D eigenvalue weighted by Crippen LogP contribution is -2.27. The third-order valence-corrected chi connectivity index (χ3v) is 3.50. The minimum atomic E-state index is 0.667. The molecule has 1 heterocycles. The molecule has 1 atom stereocenters. The van der Waals surface area contributed by atoms with Crippen LogP contribution < -0.4 is 0 Å². The molecule has 0 amide bonds. The van der Waals surface area contributed by atoms with E-state index in [0.29, 0.717) is 5.37 Å². The molecule has 2 heteroatoms. The van der Waals surface area contributed by atoms with E-state index in [4.69, 9.17) is 0 Å². The van der Waals surface area contributed by atoms with E-state index in [9.17, 15) is 0 Å². The van der Waals surface area contributed by atoms with Gasteiger partial charge < -0.3 is 4.90 Å². The first-order valence-electron chi connectivity index (χ1n) is 3.68. The van der Waals surface area contributed by atoms with Gasteiger partial charge >= 0.3 is 0 Å². The molecule has 0 N–H and O–H groups in total. The third-order valence-electron chi connectivity index (χ3n) is 1.89. The van der Waals surface area contributed by atoms with Gasteiger partial charge in [0.2, 0.25) is 0 Å². The monoisotopic (exact) mass is 157 g/mol. The smallest absolute Gasteiger partial charge is 0.0808 e. The first-order valence-corrected chi connectivity index (χ1v) is 4.62. The van der Waals surface area contributed by atoms with Gasteiger partial charge in [0.1, 0.15) is 0 Å². The van der Waals surface area contributed by atoms with E-state index in [2.05, 4.69) is 38.1 Å².